The lowest BCUT2D eigenvalue weighted by atomic mass is 10.3. The van der Waals surface area contributed by atoms with E-state index in [0.29, 0.717) is 6.54 Å². The fraction of sp³-hybridized carbons (Fsp3) is 0.857. The summed E-state index contributed by atoms with van der Waals surface area (Å²) in [4.78, 5) is 10.5. The summed E-state index contributed by atoms with van der Waals surface area (Å²) >= 11 is 0. The number of rotatable bonds is 3. The van der Waals surface area contributed by atoms with E-state index in [4.69, 9.17) is 4.74 Å². The third kappa shape index (κ3) is 1.70. The van der Waals surface area contributed by atoms with Crippen LogP contribution in [0.1, 0.15) is 19.8 Å². The lowest BCUT2D eigenvalue weighted by Gasteiger charge is -2.12. The highest BCUT2D eigenvalue weighted by Gasteiger charge is 2.42. The van der Waals surface area contributed by atoms with E-state index in [9.17, 15) is 4.79 Å². The Morgan fingerprint density at radius 2 is 2.30 bits per heavy atom. The maximum atomic E-state index is 10.5. The topological polar surface area (TPSA) is 38.3 Å². The van der Waals surface area contributed by atoms with Crippen LogP contribution in [0.3, 0.4) is 0 Å². The smallest absolute Gasteiger partial charge is 0.216 e. The molecule has 0 aromatic carbocycles. The second-order valence-corrected chi connectivity index (χ2v) is 2.80. The minimum atomic E-state index is -0.00826. The first-order chi connectivity index (χ1) is 4.68. The van der Waals surface area contributed by atoms with Crippen molar-refractivity contribution in [1.29, 1.82) is 0 Å². The average molecular weight is 143 g/mol. The van der Waals surface area contributed by atoms with Gasteiger partial charge >= 0.3 is 0 Å². The Morgan fingerprint density at radius 3 is 2.60 bits per heavy atom. The average Bonchev–Trinajstić information content (AvgIpc) is 2.64. The zero-order valence-corrected chi connectivity index (χ0v) is 6.44. The van der Waals surface area contributed by atoms with Crippen molar-refractivity contribution in [1.82, 2.24) is 5.32 Å². The van der Waals surface area contributed by atoms with Gasteiger partial charge in [0.15, 0.2) is 0 Å². The van der Waals surface area contributed by atoms with Crippen molar-refractivity contribution in [2.24, 2.45) is 0 Å². The normalized spacial score (nSPS) is 20.2. The molecule has 3 heteroatoms. The minimum Gasteiger partial charge on any atom is -0.376 e. The quantitative estimate of drug-likeness (QED) is 0.617. The van der Waals surface area contributed by atoms with Crippen LogP contribution in [0.2, 0.25) is 0 Å². The van der Waals surface area contributed by atoms with Crippen LogP contribution in [-0.4, -0.2) is 25.2 Å². The van der Waals surface area contributed by atoms with E-state index in [1.807, 2.05) is 0 Å². The van der Waals surface area contributed by atoms with Gasteiger partial charge in [-0.1, -0.05) is 0 Å². The van der Waals surface area contributed by atoms with E-state index < -0.39 is 0 Å². The van der Waals surface area contributed by atoms with Crippen molar-refractivity contribution in [3.8, 4) is 0 Å². The Bertz CT molecular complexity index is 141. The van der Waals surface area contributed by atoms with Crippen LogP contribution in [0.15, 0.2) is 0 Å². The number of ether oxygens (including phenoxy) is 1. The monoisotopic (exact) mass is 143 g/mol. The molecule has 0 atom stereocenters. The Kier molecular flexibility index (Phi) is 1.94. The summed E-state index contributed by atoms with van der Waals surface area (Å²) in [5.74, 6) is 0.0170. The number of carbonyl (C=O) groups is 1. The first-order valence-corrected chi connectivity index (χ1v) is 3.48. The number of hydrogen-bond acceptors (Lipinski definition) is 2. The van der Waals surface area contributed by atoms with Gasteiger partial charge in [0.1, 0.15) is 0 Å². The van der Waals surface area contributed by atoms with Crippen LogP contribution in [0, 0.1) is 0 Å². The second-order valence-electron chi connectivity index (χ2n) is 2.80. The van der Waals surface area contributed by atoms with Crippen molar-refractivity contribution in [2.45, 2.75) is 25.4 Å². The van der Waals surface area contributed by atoms with Gasteiger partial charge in [-0.15, -0.1) is 0 Å². The van der Waals surface area contributed by atoms with Crippen LogP contribution in [0.25, 0.3) is 0 Å². The van der Waals surface area contributed by atoms with Crippen molar-refractivity contribution in [2.75, 3.05) is 13.7 Å². The molecule has 0 spiro atoms. The summed E-state index contributed by atoms with van der Waals surface area (Å²) in [5, 5.41) is 2.74. The summed E-state index contributed by atoms with van der Waals surface area (Å²) in [6.07, 6.45) is 2.15. The largest absolute Gasteiger partial charge is 0.376 e. The van der Waals surface area contributed by atoms with Gasteiger partial charge in [0.05, 0.1) is 5.60 Å². The molecule has 0 unspecified atom stereocenters. The van der Waals surface area contributed by atoms with E-state index in [0.717, 1.165) is 12.8 Å². The number of methoxy groups -OCH3 is 1. The van der Waals surface area contributed by atoms with Gasteiger partial charge in [0.2, 0.25) is 5.91 Å². The maximum absolute atomic E-state index is 10.5. The third-order valence-corrected chi connectivity index (χ3v) is 1.90. The van der Waals surface area contributed by atoms with E-state index in [-0.39, 0.29) is 11.5 Å². The lowest BCUT2D eigenvalue weighted by Crippen LogP contribution is -2.32. The molecular weight excluding hydrogens is 130 g/mol. The first-order valence-electron chi connectivity index (χ1n) is 3.48. The Hall–Kier alpha value is -0.570. The Morgan fingerprint density at radius 1 is 1.70 bits per heavy atom. The summed E-state index contributed by atoms with van der Waals surface area (Å²) in [6, 6.07) is 0. The van der Waals surface area contributed by atoms with E-state index in [1.54, 1.807) is 7.11 Å². The zero-order valence-electron chi connectivity index (χ0n) is 6.44. The molecule has 1 rings (SSSR count). The summed E-state index contributed by atoms with van der Waals surface area (Å²) in [5.41, 5.74) is -0.00826. The predicted octanol–water partition coefficient (Wildman–Crippen LogP) is 0.301. The first kappa shape index (κ1) is 7.54. The number of carbonyl (C=O) groups excluding carboxylic acids is 1. The molecule has 1 amide bonds. The number of amides is 1. The molecule has 1 N–H and O–H groups in total. The molecule has 10 heavy (non-hydrogen) atoms. The molecular formula is C7H13NO2. The van der Waals surface area contributed by atoms with Crippen LogP contribution < -0.4 is 5.32 Å². The zero-order chi connectivity index (χ0) is 7.61. The molecule has 0 heterocycles. The van der Waals surface area contributed by atoms with Crippen LogP contribution in [0.4, 0.5) is 0 Å². The van der Waals surface area contributed by atoms with Crippen LogP contribution >= 0.6 is 0 Å². The highest BCUT2D eigenvalue weighted by atomic mass is 16.5. The van der Waals surface area contributed by atoms with Gasteiger partial charge in [-0.2, -0.15) is 0 Å². The molecule has 1 saturated carbocycles. The highest BCUT2D eigenvalue weighted by Crippen LogP contribution is 2.37. The van der Waals surface area contributed by atoms with E-state index >= 15 is 0 Å². The summed E-state index contributed by atoms with van der Waals surface area (Å²) < 4.78 is 5.18. The maximum Gasteiger partial charge on any atom is 0.216 e. The fourth-order valence-corrected chi connectivity index (χ4v) is 0.878. The van der Waals surface area contributed by atoms with Crippen molar-refractivity contribution in [3.63, 3.8) is 0 Å². The lowest BCUT2D eigenvalue weighted by molar-refractivity contribution is -0.119. The molecule has 0 saturated heterocycles. The third-order valence-electron chi connectivity index (χ3n) is 1.90. The van der Waals surface area contributed by atoms with Crippen LogP contribution in [0.5, 0.6) is 0 Å². The molecule has 1 fully saturated rings. The molecule has 0 bridgehead atoms. The van der Waals surface area contributed by atoms with Gasteiger partial charge in [0, 0.05) is 20.6 Å². The molecule has 58 valence electrons. The molecule has 3 nitrogen and oxygen atoms in total. The Labute approximate surface area is 60.7 Å². The van der Waals surface area contributed by atoms with Gasteiger partial charge < -0.3 is 10.1 Å². The van der Waals surface area contributed by atoms with Gasteiger partial charge in [-0.05, 0) is 12.8 Å². The predicted molar refractivity (Wildman–Crippen MR) is 37.7 cm³/mol. The SMILES string of the molecule is COC1(CNC(C)=O)CC1. The highest BCUT2D eigenvalue weighted by molar-refractivity contribution is 5.72. The van der Waals surface area contributed by atoms with Gasteiger partial charge in [-0.3, -0.25) is 4.79 Å². The van der Waals surface area contributed by atoms with Crippen molar-refractivity contribution < 1.29 is 9.53 Å². The van der Waals surface area contributed by atoms with E-state index in [1.165, 1.54) is 6.92 Å². The van der Waals surface area contributed by atoms with Crippen molar-refractivity contribution >= 4 is 5.91 Å². The Balaban J connectivity index is 2.19. The molecule has 1 aliphatic carbocycles. The van der Waals surface area contributed by atoms with Crippen molar-refractivity contribution in [3.05, 3.63) is 0 Å². The van der Waals surface area contributed by atoms with E-state index in [2.05, 4.69) is 5.32 Å². The molecule has 0 aliphatic heterocycles. The molecule has 0 radical (unpaired) electrons. The number of nitrogens with one attached hydrogen (secondary N) is 1. The van der Waals surface area contributed by atoms with Gasteiger partial charge in [-0.25, -0.2) is 0 Å². The summed E-state index contributed by atoms with van der Waals surface area (Å²) in [6.45, 7) is 2.19. The molecule has 1 aliphatic rings. The standard InChI is InChI=1S/C7H13NO2/c1-6(9)8-5-7(10-2)3-4-7/h3-5H2,1-2H3,(H,8,9). The molecule has 0 aromatic rings. The van der Waals surface area contributed by atoms with Gasteiger partial charge in [0.25, 0.3) is 0 Å². The minimum absolute atomic E-state index is 0.00826. The fourth-order valence-electron chi connectivity index (χ4n) is 0.878. The molecule has 0 aromatic heterocycles. The number of hydrogen-bond donors (Lipinski definition) is 1. The van der Waals surface area contributed by atoms with Crippen LogP contribution in [-0.2, 0) is 9.53 Å². The summed E-state index contributed by atoms with van der Waals surface area (Å²) in [7, 11) is 1.69. The second kappa shape index (κ2) is 2.58.